The lowest BCUT2D eigenvalue weighted by Crippen LogP contribution is -2.47. The van der Waals surface area contributed by atoms with Gasteiger partial charge in [0.1, 0.15) is 6.04 Å². The van der Waals surface area contributed by atoms with Crippen LogP contribution in [0.15, 0.2) is 47.7 Å². The Morgan fingerprint density at radius 2 is 1.95 bits per heavy atom. The number of nitro groups is 1. The molecular weight excluding hydrogens is 482 g/mol. The Labute approximate surface area is 213 Å². The van der Waals surface area contributed by atoms with Gasteiger partial charge in [-0.25, -0.2) is 10.2 Å². The molecule has 0 unspecified atom stereocenters. The van der Waals surface area contributed by atoms with Crippen molar-refractivity contribution in [2.45, 2.75) is 26.3 Å². The Morgan fingerprint density at radius 1 is 1.19 bits per heavy atom. The van der Waals surface area contributed by atoms with Crippen molar-refractivity contribution in [3.63, 3.8) is 0 Å². The van der Waals surface area contributed by atoms with Crippen LogP contribution in [0.1, 0.15) is 25.0 Å². The van der Waals surface area contributed by atoms with E-state index in [1.807, 2.05) is 38.1 Å². The molecule has 0 aliphatic heterocycles. The zero-order chi connectivity index (χ0) is 26.9. The number of carbonyl (C=O) groups excluding carboxylic acids is 2. The van der Waals surface area contributed by atoms with Gasteiger partial charge in [0.25, 0.3) is 5.91 Å². The SMILES string of the molecule is COc1cc(/C=N\NC(=O)[C@@H](Cc2c[nH]c3ccccc23)NC(=O)OCC(C)C)cc([N+](=O)[O-])c1OC. The van der Waals surface area contributed by atoms with E-state index in [2.05, 4.69) is 20.8 Å². The van der Waals surface area contributed by atoms with E-state index < -0.39 is 23.0 Å². The summed E-state index contributed by atoms with van der Waals surface area (Å²) in [6.45, 7) is 4.00. The summed E-state index contributed by atoms with van der Waals surface area (Å²) in [6, 6.07) is 9.30. The molecule has 1 aromatic heterocycles. The van der Waals surface area contributed by atoms with E-state index in [1.165, 1.54) is 32.6 Å². The van der Waals surface area contributed by atoms with Gasteiger partial charge in [0, 0.05) is 35.2 Å². The van der Waals surface area contributed by atoms with Gasteiger partial charge < -0.3 is 24.5 Å². The van der Waals surface area contributed by atoms with E-state index in [9.17, 15) is 19.7 Å². The minimum absolute atomic E-state index is 0.0309. The number of benzene rings is 2. The van der Waals surface area contributed by atoms with Crippen molar-refractivity contribution in [3.8, 4) is 11.5 Å². The van der Waals surface area contributed by atoms with Crippen molar-refractivity contribution >= 4 is 34.8 Å². The van der Waals surface area contributed by atoms with Gasteiger partial charge in [-0.15, -0.1) is 0 Å². The van der Waals surface area contributed by atoms with Gasteiger partial charge in [0.2, 0.25) is 5.75 Å². The highest BCUT2D eigenvalue weighted by atomic mass is 16.6. The van der Waals surface area contributed by atoms with E-state index >= 15 is 0 Å². The summed E-state index contributed by atoms with van der Waals surface area (Å²) < 4.78 is 15.4. The minimum Gasteiger partial charge on any atom is -0.493 e. The molecule has 2 aromatic carbocycles. The predicted molar refractivity (Wildman–Crippen MR) is 137 cm³/mol. The summed E-state index contributed by atoms with van der Waals surface area (Å²) in [7, 11) is 2.65. The molecule has 0 spiro atoms. The summed E-state index contributed by atoms with van der Waals surface area (Å²) in [6.07, 6.45) is 2.45. The van der Waals surface area contributed by atoms with E-state index in [1.54, 1.807) is 6.20 Å². The third kappa shape index (κ3) is 6.97. The van der Waals surface area contributed by atoms with Crippen molar-refractivity contribution in [2.24, 2.45) is 11.0 Å². The van der Waals surface area contributed by atoms with Crippen LogP contribution in [0.5, 0.6) is 11.5 Å². The van der Waals surface area contributed by atoms with Crippen molar-refractivity contribution in [1.82, 2.24) is 15.7 Å². The standard InChI is InChI=1S/C25H29N5O7/c1-15(2)14-37-25(32)28-20(11-17-13-26-19-8-6-5-7-18(17)19)24(31)29-27-12-16-9-21(30(33)34)23(36-4)22(10-16)35-3/h5-10,12-13,15,20,26H,11,14H2,1-4H3,(H,28,32)(H,29,31)/b27-12-/t20-/m1/s1. The molecule has 1 atom stereocenters. The molecule has 12 nitrogen and oxygen atoms in total. The molecule has 0 bridgehead atoms. The van der Waals surface area contributed by atoms with Crippen LogP contribution in [0.2, 0.25) is 0 Å². The lowest BCUT2D eigenvalue weighted by molar-refractivity contribution is -0.385. The number of aromatic nitrogens is 1. The minimum atomic E-state index is -1.00. The second-order valence-electron chi connectivity index (χ2n) is 8.52. The molecule has 3 aromatic rings. The lowest BCUT2D eigenvalue weighted by Gasteiger charge is -2.17. The molecule has 1 heterocycles. The molecule has 0 aliphatic carbocycles. The molecule has 12 heteroatoms. The number of amides is 2. The summed E-state index contributed by atoms with van der Waals surface area (Å²) in [5, 5.41) is 18.8. The number of fused-ring (bicyclic) bond motifs is 1. The van der Waals surface area contributed by atoms with Gasteiger partial charge in [0.15, 0.2) is 5.75 Å². The fourth-order valence-corrected chi connectivity index (χ4v) is 3.58. The van der Waals surface area contributed by atoms with Crippen molar-refractivity contribution in [1.29, 1.82) is 0 Å². The maximum Gasteiger partial charge on any atom is 0.407 e. The molecule has 0 radical (unpaired) electrons. The molecule has 0 fully saturated rings. The second kappa shape index (κ2) is 12.4. The number of hydrogen-bond acceptors (Lipinski definition) is 8. The smallest absolute Gasteiger partial charge is 0.407 e. The topological polar surface area (TPSA) is 157 Å². The molecule has 0 saturated carbocycles. The van der Waals surface area contributed by atoms with E-state index in [-0.39, 0.29) is 36.1 Å². The zero-order valence-corrected chi connectivity index (χ0v) is 20.9. The van der Waals surface area contributed by atoms with Gasteiger partial charge in [0.05, 0.1) is 32.0 Å². The summed E-state index contributed by atoms with van der Waals surface area (Å²) >= 11 is 0. The average molecular weight is 512 g/mol. The maximum atomic E-state index is 13.0. The van der Waals surface area contributed by atoms with Crippen LogP contribution in [0.4, 0.5) is 10.5 Å². The largest absolute Gasteiger partial charge is 0.493 e. The first-order chi connectivity index (χ1) is 17.7. The highest BCUT2D eigenvalue weighted by Crippen LogP contribution is 2.37. The molecule has 196 valence electrons. The quantitative estimate of drug-likeness (QED) is 0.202. The first-order valence-corrected chi connectivity index (χ1v) is 11.4. The number of alkyl carbamates (subject to hydrolysis) is 1. The first-order valence-electron chi connectivity index (χ1n) is 11.4. The summed E-state index contributed by atoms with van der Waals surface area (Å²) in [5.41, 5.74) is 4.07. The molecule has 0 saturated heterocycles. The molecule has 3 rings (SSSR count). The van der Waals surface area contributed by atoms with Crippen LogP contribution in [0.3, 0.4) is 0 Å². The lowest BCUT2D eigenvalue weighted by atomic mass is 10.0. The van der Waals surface area contributed by atoms with E-state index in [0.717, 1.165) is 16.5 Å². The number of aromatic amines is 1. The number of carbonyl (C=O) groups is 2. The Hall–Kier alpha value is -4.61. The Kier molecular flexibility index (Phi) is 9.03. The number of para-hydroxylation sites is 1. The van der Waals surface area contributed by atoms with E-state index in [4.69, 9.17) is 14.2 Å². The fraction of sp³-hybridized carbons (Fsp3) is 0.320. The van der Waals surface area contributed by atoms with Gasteiger partial charge in [-0.05, 0) is 23.6 Å². The molecule has 3 N–H and O–H groups in total. The molecular formula is C25H29N5O7. The third-order valence-corrected chi connectivity index (χ3v) is 5.32. The van der Waals surface area contributed by atoms with Crippen molar-refractivity contribution in [3.05, 3.63) is 63.8 Å². The number of ether oxygens (including phenoxy) is 3. The first kappa shape index (κ1) is 27.0. The van der Waals surface area contributed by atoms with Crippen LogP contribution < -0.4 is 20.2 Å². The van der Waals surface area contributed by atoms with Gasteiger partial charge >= 0.3 is 11.8 Å². The number of nitrogens with one attached hydrogen (secondary N) is 3. The van der Waals surface area contributed by atoms with Crippen LogP contribution in [0, 0.1) is 16.0 Å². The molecule has 37 heavy (non-hydrogen) atoms. The number of H-pyrrole nitrogens is 1. The highest BCUT2D eigenvalue weighted by molar-refractivity contribution is 5.90. The van der Waals surface area contributed by atoms with Gasteiger partial charge in [-0.3, -0.25) is 14.9 Å². The monoisotopic (exact) mass is 511 g/mol. The predicted octanol–water partition coefficient (Wildman–Crippen LogP) is 3.54. The summed E-state index contributed by atoms with van der Waals surface area (Å²) in [4.78, 5) is 39.3. The number of methoxy groups -OCH3 is 2. The van der Waals surface area contributed by atoms with Crippen LogP contribution in [-0.2, 0) is 16.0 Å². The van der Waals surface area contributed by atoms with Crippen LogP contribution >= 0.6 is 0 Å². The zero-order valence-electron chi connectivity index (χ0n) is 20.9. The fourth-order valence-electron chi connectivity index (χ4n) is 3.58. The van der Waals surface area contributed by atoms with Crippen LogP contribution in [0.25, 0.3) is 10.9 Å². The molecule has 0 aliphatic rings. The van der Waals surface area contributed by atoms with Gasteiger partial charge in [-0.1, -0.05) is 32.0 Å². The number of nitro benzene ring substituents is 1. The number of nitrogens with zero attached hydrogens (tertiary/aromatic N) is 2. The number of hydrazone groups is 1. The Bertz CT molecular complexity index is 1300. The van der Waals surface area contributed by atoms with Crippen molar-refractivity contribution in [2.75, 3.05) is 20.8 Å². The Morgan fingerprint density at radius 3 is 2.62 bits per heavy atom. The summed E-state index contributed by atoms with van der Waals surface area (Å²) in [5.74, 6) is -0.368. The Balaban J connectivity index is 1.79. The number of hydrogen-bond donors (Lipinski definition) is 3. The molecule has 2 amide bonds. The number of rotatable bonds is 11. The maximum absolute atomic E-state index is 13.0. The van der Waals surface area contributed by atoms with E-state index in [0.29, 0.717) is 5.56 Å². The highest BCUT2D eigenvalue weighted by Gasteiger charge is 2.24. The van der Waals surface area contributed by atoms with Gasteiger partial charge in [-0.2, -0.15) is 5.10 Å². The normalized spacial score (nSPS) is 11.9. The third-order valence-electron chi connectivity index (χ3n) is 5.32. The van der Waals surface area contributed by atoms with Crippen molar-refractivity contribution < 1.29 is 28.7 Å². The second-order valence-corrected chi connectivity index (χ2v) is 8.52. The van der Waals surface area contributed by atoms with Crippen LogP contribution in [-0.4, -0.2) is 55.0 Å². The average Bonchev–Trinajstić information content (AvgIpc) is 3.29.